The molecule has 2 amide bonds. The Hall–Kier alpha value is -1.53. The van der Waals surface area contributed by atoms with Gasteiger partial charge in [-0.3, -0.25) is 9.59 Å². The van der Waals surface area contributed by atoms with E-state index in [0.717, 1.165) is 19.3 Å². The van der Waals surface area contributed by atoms with Gasteiger partial charge in [0, 0.05) is 13.1 Å². The highest BCUT2D eigenvalue weighted by molar-refractivity contribution is 5.95. The molecule has 118 valence electrons. The number of rotatable bonds is 5. The second kappa shape index (κ2) is 8.69. The average Bonchev–Trinajstić information content (AvgIpc) is 3.01. The van der Waals surface area contributed by atoms with Gasteiger partial charge in [-0.15, -0.1) is 12.4 Å². The van der Waals surface area contributed by atoms with Gasteiger partial charge in [-0.2, -0.15) is 0 Å². The number of nitrogens with two attached hydrogens (primary N) is 1. The first-order valence-corrected chi connectivity index (χ1v) is 7.06. The lowest BCUT2D eigenvalue weighted by molar-refractivity contribution is -0.126. The fraction of sp³-hybridized carbons (Fsp3) is 0.571. The van der Waals surface area contributed by atoms with Crippen LogP contribution in [0.4, 0.5) is 0 Å². The van der Waals surface area contributed by atoms with Gasteiger partial charge >= 0.3 is 0 Å². The number of carbonyl (C=O) groups excluding carboxylic acids is 2. The summed E-state index contributed by atoms with van der Waals surface area (Å²) in [5.41, 5.74) is 5.40. The van der Waals surface area contributed by atoms with Crippen molar-refractivity contribution in [1.29, 1.82) is 0 Å². The molecule has 0 saturated carbocycles. The lowest BCUT2D eigenvalue weighted by Crippen LogP contribution is -2.52. The van der Waals surface area contributed by atoms with Gasteiger partial charge in [-0.1, -0.05) is 0 Å². The fourth-order valence-electron chi connectivity index (χ4n) is 2.42. The molecular formula is C14H22ClN3O3. The van der Waals surface area contributed by atoms with E-state index in [4.69, 9.17) is 10.2 Å². The van der Waals surface area contributed by atoms with Crippen molar-refractivity contribution in [3.05, 3.63) is 24.2 Å². The zero-order valence-electron chi connectivity index (χ0n) is 11.9. The first-order valence-electron chi connectivity index (χ1n) is 7.06. The van der Waals surface area contributed by atoms with Crippen molar-refractivity contribution < 1.29 is 14.0 Å². The molecule has 3 N–H and O–H groups in total. The zero-order valence-corrected chi connectivity index (χ0v) is 12.7. The average molecular weight is 316 g/mol. The van der Waals surface area contributed by atoms with E-state index in [1.165, 1.54) is 6.26 Å². The molecule has 0 radical (unpaired) electrons. The van der Waals surface area contributed by atoms with Gasteiger partial charge in [0.05, 0.1) is 6.26 Å². The molecule has 1 aromatic rings. The predicted molar refractivity (Wildman–Crippen MR) is 81.3 cm³/mol. The van der Waals surface area contributed by atoms with Gasteiger partial charge in [0.1, 0.15) is 6.04 Å². The number of furan rings is 1. The van der Waals surface area contributed by atoms with Gasteiger partial charge in [-0.25, -0.2) is 0 Å². The number of hydrogen-bond donors (Lipinski definition) is 2. The smallest absolute Gasteiger partial charge is 0.290 e. The Labute approximate surface area is 130 Å². The standard InChI is InChI=1S/C14H21N3O3.ClH/c15-7-4-8-16-13(18)11-5-1-2-9-17(11)14(19)12-6-3-10-20-12;/h3,6,10-11H,1-2,4-5,7-9,15H2,(H,16,18);1H. The summed E-state index contributed by atoms with van der Waals surface area (Å²) in [5, 5.41) is 2.84. The van der Waals surface area contributed by atoms with Crippen molar-refractivity contribution in [1.82, 2.24) is 10.2 Å². The molecule has 7 heteroatoms. The molecule has 1 fully saturated rings. The van der Waals surface area contributed by atoms with Crippen LogP contribution in [0.15, 0.2) is 22.8 Å². The van der Waals surface area contributed by atoms with Crippen molar-refractivity contribution in [3.8, 4) is 0 Å². The molecule has 6 nitrogen and oxygen atoms in total. The van der Waals surface area contributed by atoms with E-state index in [-0.39, 0.29) is 30.0 Å². The third-order valence-electron chi connectivity index (χ3n) is 3.48. The number of amides is 2. The maximum absolute atomic E-state index is 12.3. The topological polar surface area (TPSA) is 88.6 Å². The normalized spacial score (nSPS) is 18.0. The molecule has 0 aromatic carbocycles. The number of carbonyl (C=O) groups is 2. The molecule has 1 aliphatic rings. The molecular weight excluding hydrogens is 294 g/mol. The summed E-state index contributed by atoms with van der Waals surface area (Å²) in [6.07, 6.45) is 4.77. The lowest BCUT2D eigenvalue weighted by atomic mass is 10.0. The molecule has 1 unspecified atom stereocenters. The monoisotopic (exact) mass is 315 g/mol. The number of nitrogens with zero attached hydrogens (tertiary/aromatic N) is 1. The minimum Gasteiger partial charge on any atom is -0.459 e. The maximum atomic E-state index is 12.3. The molecule has 1 aliphatic heterocycles. The molecule has 1 atom stereocenters. The van der Waals surface area contributed by atoms with Crippen molar-refractivity contribution in [2.45, 2.75) is 31.7 Å². The molecule has 0 bridgehead atoms. The van der Waals surface area contributed by atoms with E-state index in [2.05, 4.69) is 5.32 Å². The van der Waals surface area contributed by atoms with Gasteiger partial charge in [0.15, 0.2) is 5.76 Å². The lowest BCUT2D eigenvalue weighted by Gasteiger charge is -2.34. The summed E-state index contributed by atoms with van der Waals surface area (Å²) in [5.74, 6) is -0.0293. The highest BCUT2D eigenvalue weighted by atomic mass is 35.5. The van der Waals surface area contributed by atoms with E-state index < -0.39 is 6.04 Å². The van der Waals surface area contributed by atoms with Gasteiger partial charge < -0.3 is 20.4 Å². The molecule has 0 spiro atoms. The Bertz CT molecular complexity index is 450. The number of likely N-dealkylation sites (tertiary alicyclic amines) is 1. The van der Waals surface area contributed by atoms with Gasteiger partial charge in [0.25, 0.3) is 5.91 Å². The SMILES string of the molecule is Cl.NCCCNC(=O)C1CCCCN1C(=O)c1ccco1. The van der Waals surface area contributed by atoms with Gasteiger partial charge in [0.2, 0.25) is 5.91 Å². The van der Waals surface area contributed by atoms with Crippen LogP contribution in [0.1, 0.15) is 36.2 Å². The first-order chi connectivity index (χ1) is 9.74. The van der Waals surface area contributed by atoms with E-state index in [0.29, 0.717) is 26.1 Å². The Morgan fingerprint density at radius 1 is 1.43 bits per heavy atom. The van der Waals surface area contributed by atoms with Crippen LogP contribution in [0, 0.1) is 0 Å². The van der Waals surface area contributed by atoms with Crippen LogP contribution in [0.3, 0.4) is 0 Å². The number of nitrogens with one attached hydrogen (secondary N) is 1. The summed E-state index contributed by atoms with van der Waals surface area (Å²) in [7, 11) is 0. The third kappa shape index (κ3) is 4.47. The summed E-state index contributed by atoms with van der Waals surface area (Å²) >= 11 is 0. The fourth-order valence-corrected chi connectivity index (χ4v) is 2.42. The zero-order chi connectivity index (χ0) is 14.4. The van der Waals surface area contributed by atoms with Crippen LogP contribution < -0.4 is 11.1 Å². The van der Waals surface area contributed by atoms with E-state index >= 15 is 0 Å². The van der Waals surface area contributed by atoms with Crippen LogP contribution >= 0.6 is 12.4 Å². The first kappa shape index (κ1) is 17.5. The number of halogens is 1. The van der Waals surface area contributed by atoms with Crippen LogP contribution in [0.25, 0.3) is 0 Å². The highest BCUT2D eigenvalue weighted by Gasteiger charge is 2.33. The Balaban J connectivity index is 0.00000220. The molecule has 2 heterocycles. The van der Waals surface area contributed by atoms with Crippen molar-refractivity contribution in [2.75, 3.05) is 19.6 Å². The minimum absolute atomic E-state index is 0. The second-order valence-corrected chi connectivity index (χ2v) is 4.92. The largest absolute Gasteiger partial charge is 0.459 e. The van der Waals surface area contributed by atoms with Crippen molar-refractivity contribution in [2.24, 2.45) is 5.73 Å². The summed E-state index contributed by atoms with van der Waals surface area (Å²) in [4.78, 5) is 26.1. The van der Waals surface area contributed by atoms with E-state index in [1.807, 2.05) is 0 Å². The maximum Gasteiger partial charge on any atom is 0.290 e. The minimum atomic E-state index is -0.404. The Morgan fingerprint density at radius 2 is 2.24 bits per heavy atom. The van der Waals surface area contributed by atoms with Crippen LogP contribution in [-0.2, 0) is 4.79 Å². The van der Waals surface area contributed by atoms with E-state index in [9.17, 15) is 9.59 Å². The number of piperidine rings is 1. The van der Waals surface area contributed by atoms with Crippen molar-refractivity contribution >= 4 is 24.2 Å². The molecule has 2 rings (SSSR count). The molecule has 0 aliphatic carbocycles. The highest BCUT2D eigenvalue weighted by Crippen LogP contribution is 2.20. The predicted octanol–water partition coefficient (Wildman–Crippen LogP) is 1.16. The second-order valence-electron chi connectivity index (χ2n) is 4.92. The molecule has 1 aromatic heterocycles. The van der Waals surface area contributed by atoms with Crippen molar-refractivity contribution in [3.63, 3.8) is 0 Å². The van der Waals surface area contributed by atoms with Crippen LogP contribution in [0.2, 0.25) is 0 Å². The molecule has 1 saturated heterocycles. The quantitative estimate of drug-likeness (QED) is 0.798. The van der Waals surface area contributed by atoms with Crippen LogP contribution in [-0.4, -0.2) is 42.4 Å². The summed E-state index contributed by atoms with van der Waals surface area (Å²) < 4.78 is 5.14. The third-order valence-corrected chi connectivity index (χ3v) is 3.48. The molecule has 21 heavy (non-hydrogen) atoms. The van der Waals surface area contributed by atoms with Crippen LogP contribution in [0.5, 0.6) is 0 Å². The summed E-state index contributed by atoms with van der Waals surface area (Å²) in [6.45, 7) is 1.68. The van der Waals surface area contributed by atoms with E-state index in [1.54, 1.807) is 17.0 Å². The van der Waals surface area contributed by atoms with Gasteiger partial charge in [-0.05, 0) is 44.4 Å². The Morgan fingerprint density at radius 3 is 2.90 bits per heavy atom. The number of hydrogen-bond acceptors (Lipinski definition) is 4. The Kier molecular flexibility index (Phi) is 7.25. The summed E-state index contributed by atoms with van der Waals surface area (Å²) in [6, 6.07) is 2.90.